The Morgan fingerprint density at radius 3 is 2.61 bits per heavy atom. The fraction of sp³-hybridized carbons (Fsp3) is 0.292. The van der Waals surface area contributed by atoms with E-state index < -0.39 is 5.97 Å². The van der Waals surface area contributed by atoms with Crippen LogP contribution >= 0.6 is 11.8 Å². The van der Waals surface area contributed by atoms with Gasteiger partial charge in [-0.1, -0.05) is 48.2 Å². The van der Waals surface area contributed by atoms with Gasteiger partial charge >= 0.3 is 5.97 Å². The number of aromatic nitrogens is 4. The van der Waals surface area contributed by atoms with Crippen molar-refractivity contribution < 1.29 is 14.3 Å². The monoisotopic (exact) mass is 463 g/mol. The Labute approximate surface area is 196 Å². The number of rotatable bonds is 7. The second kappa shape index (κ2) is 9.58. The number of ether oxygens (including phenoxy) is 1. The fourth-order valence-corrected chi connectivity index (χ4v) is 4.21. The summed E-state index contributed by atoms with van der Waals surface area (Å²) in [6.07, 6.45) is 1.90. The van der Waals surface area contributed by atoms with Gasteiger partial charge < -0.3 is 9.64 Å². The van der Waals surface area contributed by atoms with Crippen LogP contribution in [0.25, 0.3) is 16.6 Å². The fourth-order valence-electron chi connectivity index (χ4n) is 3.87. The van der Waals surface area contributed by atoms with Crippen molar-refractivity contribution in [1.82, 2.24) is 19.6 Å². The van der Waals surface area contributed by atoms with Crippen molar-refractivity contribution in [1.29, 1.82) is 0 Å². The Hall–Kier alpha value is -3.46. The number of amides is 1. The molecule has 0 spiro atoms. The van der Waals surface area contributed by atoms with Gasteiger partial charge in [-0.25, -0.2) is 9.50 Å². The maximum Gasteiger partial charge on any atom is 0.310 e. The summed E-state index contributed by atoms with van der Waals surface area (Å²) in [7, 11) is 0. The van der Waals surface area contributed by atoms with Gasteiger partial charge in [0.1, 0.15) is 0 Å². The summed E-state index contributed by atoms with van der Waals surface area (Å²) in [5, 5.41) is 7.04. The molecule has 0 atom stereocenters. The minimum Gasteiger partial charge on any atom is -0.455 e. The van der Waals surface area contributed by atoms with Gasteiger partial charge in [0.25, 0.3) is 11.7 Å². The van der Waals surface area contributed by atoms with Gasteiger partial charge in [0.15, 0.2) is 6.61 Å². The SMILES string of the molecule is CCN(C(=O)COC(=O)Cc1c(C)nc2nc(SC)nn2c1C)c1cccc2ccccc12. The van der Waals surface area contributed by atoms with Gasteiger partial charge in [0.05, 0.1) is 12.1 Å². The minimum atomic E-state index is -0.491. The first-order valence-corrected chi connectivity index (χ1v) is 11.9. The highest BCUT2D eigenvalue weighted by Gasteiger charge is 2.20. The van der Waals surface area contributed by atoms with E-state index in [1.54, 1.807) is 9.42 Å². The third kappa shape index (κ3) is 4.54. The second-order valence-electron chi connectivity index (χ2n) is 7.55. The summed E-state index contributed by atoms with van der Waals surface area (Å²) in [6, 6.07) is 13.7. The van der Waals surface area contributed by atoms with E-state index in [4.69, 9.17) is 4.74 Å². The number of fused-ring (bicyclic) bond motifs is 2. The molecular formula is C24H25N5O3S. The van der Waals surface area contributed by atoms with Gasteiger partial charge in [-0.05, 0) is 38.5 Å². The Kier molecular flexibility index (Phi) is 6.60. The molecular weight excluding hydrogens is 438 g/mol. The van der Waals surface area contributed by atoms with E-state index >= 15 is 0 Å². The standard InChI is InChI=1S/C24H25N5O3S/c1-5-28(20-12-8-10-17-9-6-7-11-18(17)20)21(30)14-32-22(31)13-19-15(2)25-23-26-24(33-4)27-29(23)16(19)3/h6-12H,5,13-14H2,1-4H3. The number of nitrogens with zero attached hydrogens (tertiary/aromatic N) is 5. The first-order chi connectivity index (χ1) is 15.9. The van der Waals surface area contributed by atoms with E-state index in [9.17, 15) is 9.59 Å². The molecule has 1 amide bonds. The molecule has 4 aromatic rings. The molecule has 33 heavy (non-hydrogen) atoms. The lowest BCUT2D eigenvalue weighted by atomic mass is 10.1. The summed E-state index contributed by atoms with van der Waals surface area (Å²) in [4.78, 5) is 36.0. The normalized spacial score (nSPS) is 11.2. The lowest BCUT2D eigenvalue weighted by Gasteiger charge is -2.22. The van der Waals surface area contributed by atoms with Gasteiger partial charge in [-0.3, -0.25) is 9.59 Å². The van der Waals surface area contributed by atoms with Crippen LogP contribution in [0.5, 0.6) is 0 Å². The van der Waals surface area contributed by atoms with Gasteiger partial charge in [-0.2, -0.15) is 4.98 Å². The molecule has 0 radical (unpaired) electrons. The number of esters is 1. The molecule has 4 rings (SSSR count). The Morgan fingerprint density at radius 1 is 1.09 bits per heavy atom. The summed E-state index contributed by atoms with van der Waals surface area (Å²) < 4.78 is 7.00. The number of hydrogen-bond donors (Lipinski definition) is 0. The number of carbonyl (C=O) groups excluding carboxylic acids is 2. The maximum atomic E-state index is 12.9. The number of anilines is 1. The van der Waals surface area contributed by atoms with Crippen molar-refractivity contribution in [2.24, 2.45) is 0 Å². The number of benzene rings is 2. The molecule has 0 saturated carbocycles. The van der Waals surface area contributed by atoms with Gasteiger partial charge in [-0.15, -0.1) is 5.10 Å². The number of aryl methyl sites for hydroxylation is 2. The van der Waals surface area contributed by atoms with Crippen LogP contribution in [0.4, 0.5) is 5.69 Å². The van der Waals surface area contributed by atoms with Crippen LogP contribution in [0.1, 0.15) is 23.9 Å². The molecule has 2 aromatic carbocycles. The molecule has 2 heterocycles. The highest BCUT2D eigenvalue weighted by Crippen LogP contribution is 2.27. The summed E-state index contributed by atoms with van der Waals surface area (Å²) >= 11 is 1.43. The highest BCUT2D eigenvalue weighted by molar-refractivity contribution is 7.98. The van der Waals surface area contributed by atoms with Crippen LogP contribution in [-0.2, 0) is 20.7 Å². The van der Waals surface area contributed by atoms with Crippen LogP contribution in [0.2, 0.25) is 0 Å². The molecule has 0 fully saturated rings. The third-order valence-corrected chi connectivity index (χ3v) is 6.10. The number of thioether (sulfide) groups is 1. The van der Waals surface area contributed by atoms with E-state index in [1.807, 2.05) is 69.5 Å². The molecule has 0 unspecified atom stereocenters. The molecule has 2 aromatic heterocycles. The largest absolute Gasteiger partial charge is 0.455 e. The molecule has 170 valence electrons. The lowest BCUT2D eigenvalue weighted by Crippen LogP contribution is -2.35. The molecule has 0 bridgehead atoms. The molecule has 0 N–H and O–H groups in total. The van der Waals surface area contributed by atoms with Crippen molar-refractivity contribution >= 4 is 45.9 Å². The Morgan fingerprint density at radius 2 is 1.85 bits per heavy atom. The Bertz CT molecular complexity index is 1350. The van der Waals surface area contributed by atoms with E-state index in [1.165, 1.54) is 11.8 Å². The summed E-state index contributed by atoms with van der Waals surface area (Å²) in [5.41, 5.74) is 2.99. The predicted octanol–water partition coefficient (Wildman–Crippen LogP) is 3.76. The van der Waals surface area contributed by atoms with Crippen molar-refractivity contribution in [3.05, 3.63) is 59.4 Å². The summed E-state index contributed by atoms with van der Waals surface area (Å²) in [5.74, 6) is -0.268. The minimum absolute atomic E-state index is 0.00272. The zero-order valence-electron chi connectivity index (χ0n) is 19.0. The molecule has 0 aliphatic carbocycles. The van der Waals surface area contributed by atoms with Crippen LogP contribution < -0.4 is 4.90 Å². The lowest BCUT2D eigenvalue weighted by molar-refractivity contribution is -0.147. The third-order valence-electron chi connectivity index (χ3n) is 5.56. The first-order valence-electron chi connectivity index (χ1n) is 10.6. The molecule has 0 aliphatic rings. The van der Waals surface area contributed by atoms with E-state index in [-0.39, 0.29) is 18.9 Å². The number of carbonyl (C=O) groups is 2. The average molecular weight is 464 g/mol. The highest BCUT2D eigenvalue weighted by atomic mass is 32.2. The van der Waals surface area contributed by atoms with Gasteiger partial charge in [0, 0.05) is 28.9 Å². The van der Waals surface area contributed by atoms with Crippen molar-refractivity contribution in [3.8, 4) is 0 Å². The van der Waals surface area contributed by atoms with E-state index in [0.717, 1.165) is 27.7 Å². The summed E-state index contributed by atoms with van der Waals surface area (Å²) in [6.45, 7) is 5.73. The topological polar surface area (TPSA) is 89.7 Å². The Balaban J connectivity index is 1.48. The van der Waals surface area contributed by atoms with Crippen molar-refractivity contribution in [2.45, 2.75) is 32.3 Å². The van der Waals surface area contributed by atoms with Crippen molar-refractivity contribution in [2.75, 3.05) is 24.3 Å². The molecule has 9 heteroatoms. The zero-order chi connectivity index (χ0) is 23.5. The van der Waals surface area contributed by atoms with E-state index in [2.05, 4.69) is 15.1 Å². The van der Waals surface area contributed by atoms with Crippen LogP contribution in [0.15, 0.2) is 47.6 Å². The second-order valence-corrected chi connectivity index (χ2v) is 8.32. The number of likely N-dealkylation sites (N-methyl/N-ethyl adjacent to an activating group) is 1. The van der Waals surface area contributed by atoms with Crippen molar-refractivity contribution in [3.63, 3.8) is 0 Å². The maximum absolute atomic E-state index is 12.9. The van der Waals surface area contributed by atoms with E-state index in [0.29, 0.717) is 23.2 Å². The van der Waals surface area contributed by atoms with Crippen LogP contribution in [-0.4, -0.2) is 50.9 Å². The molecule has 8 nitrogen and oxygen atoms in total. The smallest absolute Gasteiger partial charge is 0.310 e. The first kappa shape index (κ1) is 22.7. The van der Waals surface area contributed by atoms with Crippen LogP contribution in [0.3, 0.4) is 0 Å². The molecule has 0 aliphatic heterocycles. The van der Waals surface area contributed by atoms with Gasteiger partial charge in [0.2, 0.25) is 5.16 Å². The van der Waals surface area contributed by atoms with Crippen LogP contribution in [0, 0.1) is 13.8 Å². The quantitative estimate of drug-likeness (QED) is 0.305. The number of hydrogen-bond acceptors (Lipinski definition) is 7. The zero-order valence-corrected chi connectivity index (χ0v) is 19.8. The molecule has 0 saturated heterocycles. The average Bonchev–Trinajstić information content (AvgIpc) is 3.24. The predicted molar refractivity (Wildman–Crippen MR) is 129 cm³/mol.